The number of carbonyl (C=O) groups is 3. The van der Waals surface area contributed by atoms with E-state index in [-0.39, 0.29) is 35.6 Å². The minimum Gasteiger partial charge on any atom is -0.478 e. The van der Waals surface area contributed by atoms with Gasteiger partial charge in [-0.15, -0.1) is 0 Å². The molecule has 0 saturated carbocycles. The van der Waals surface area contributed by atoms with Gasteiger partial charge in [0.25, 0.3) is 0 Å². The molecule has 2 N–H and O–H groups in total. The molecule has 0 radical (unpaired) electrons. The van der Waals surface area contributed by atoms with E-state index in [1.54, 1.807) is 13.8 Å². The molecule has 1 aliphatic heterocycles. The number of cyclic esters (lactones) is 1. The van der Waals surface area contributed by atoms with Gasteiger partial charge in [-0.1, -0.05) is 94.7 Å². The van der Waals surface area contributed by atoms with Crippen LogP contribution in [0.15, 0.2) is 71.4 Å². The lowest BCUT2D eigenvalue weighted by Crippen LogP contribution is -2.34. The van der Waals surface area contributed by atoms with E-state index in [9.17, 15) is 19.5 Å². The highest BCUT2D eigenvalue weighted by Gasteiger charge is 2.29. The molecule has 39 heavy (non-hydrogen) atoms. The number of ketones is 1. The minimum atomic E-state index is -1.01. The molecule has 6 heteroatoms. The van der Waals surface area contributed by atoms with Crippen molar-refractivity contribution in [1.82, 2.24) is 0 Å². The number of esters is 1. The number of ether oxygens (including phenoxy) is 1. The fourth-order valence-electron chi connectivity index (χ4n) is 4.75. The molecule has 0 fully saturated rings. The molecule has 1 heterocycles. The third-order valence-electron chi connectivity index (χ3n) is 7.12. The second-order valence-electron chi connectivity index (χ2n) is 11.1. The van der Waals surface area contributed by atoms with Gasteiger partial charge in [0.05, 0.1) is 6.10 Å². The van der Waals surface area contributed by atoms with Gasteiger partial charge < -0.3 is 14.9 Å². The van der Waals surface area contributed by atoms with Crippen molar-refractivity contribution in [1.29, 1.82) is 0 Å². The fraction of sp³-hybridized carbons (Fsp3) is 0.545. The Balaban J connectivity index is 2.69. The highest BCUT2D eigenvalue weighted by atomic mass is 16.5. The van der Waals surface area contributed by atoms with Crippen LogP contribution >= 0.6 is 0 Å². The predicted octanol–water partition coefficient (Wildman–Crippen LogP) is 6.78. The predicted molar refractivity (Wildman–Crippen MR) is 157 cm³/mol. The molecule has 1 rings (SSSR count). The Morgan fingerprint density at radius 2 is 1.77 bits per heavy atom. The summed E-state index contributed by atoms with van der Waals surface area (Å²) in [6.07, 6.45) is 17.8. The number of carboxylic acid groups (broad SMARTS) is 1. The maximum Gasteiger partial charge on any atom is 0.331 e. The first-order valence-corrected chi connectivity index (χ1v) is 14.0. The van der Waals surface area contributed by atoms with Gasteiger partial charge in [0.2, 0.25) is 0 Å². The zero-order valence-corrected chi connectivity index (χ0v) is 24.9. The van der Waals surface area contributed by atoms with Gasteiger partial charge in [0, 0.05) is 29.9 Å². The van der Waals surface area contributed by atoms with E-state index in [2.05, 4.69) is 26.0 Å². The minimum absolute atomic E-state index is 0.0360. The standard InChI is InChI=1S/C33H48O6/c1-9-28(14-15-29-24(5)13-16-31(36)39-29)19-22(3)12-10-11-21(2)17-25(6)32(37)27(8)33(38)26(7)18-23(4)20-30(34)35/h10-11,13-17,19-20,22,24-27,29,33,38H,9,12,18H2,1-8H3,(H,34,35)/b11-10+,15-14+,21-17-,23-20-,28-19-/t22-,24+,25-,26+,27-,29+,33-/m1/s1. The lowest BCUT2D eigenvalue weighted by molar-refractivity contribution is -0.143. The van der Waals surface area contributed by atoms with Crippen molar-refractivity contribution in [3.05, 3.63) is 71.4 Å². The third-order valence-corrected chi connectivity index (χ3v) is 7.12. The van der Waals surface area contributed by atoms with Gasteiger partial charge in [0.1, 0.15) is 11.9 Å². The summed E-state index contributed by atoms with van der Waals surface area (Å²) in [5.74, 6) is -2.01. The first kappa shape index (κ1) is 34.0. The van der Waals surface area contributed by atoms with Crippen molar-refractivity contribution in [3.63, 3.8) is 0 Å². The van der Waals surface area contributed by atoms with E-state index < -0.39 is 18.0 Å². The van der Waals surface area contributed by atoms with Crippen LogP contribution in [-0.2, 0) is 19.1 Å². The van der Waals surface area contributed by atoms with E-state index in [0.717, 1.165) is 24.5 Å². The number of hydrogen-bond acceptors (Lipinski definition) is 5. The Morgan fingerprint density at radius 3 is 2.38 bits per heavy atom. The molecule has 0 spiro atoms. The smallest absolute Gasteiger partial charge is 0.331 e. The zero-order chi connectivity index (χ0) is 29.7. The molecule has 0 amide bonds. The summed E-state index contributed by atoms with van der Waals surface area (Å²) in [5.41, 5.74) is 2.84. The monoisotopic (exact) mass is 540 g/mol. The molecule has 7 atom stereocenters. The van der Waals surface area contributed by atoms with Crippen LogP contribution in [0.25, 0.3) is 0 Å². The summed E-state index contributed by atoms with van der Waals surface area (Å²) in [5, 5.41) is 19.6. The highest BCUT2D eigenvalue weighted by Crippen LogP contribution is 2.24. The lowest BCUT2D eigenvalue weighted by atomic mass is 9.83. The molecule has 6 nitrogen and oxygen atoms in total. The second kappa shape index (κ2) is 16.9. The molecule has 216 valence electrons. The Kier molecular flexibility index (Phi) is 14.7. The summed E-state index contributed by atoms with van der Waals surface area (Å²) in [7, 11) is 0. The number of allylic oxidation sites excluding steroid dienone is 8. The van der Waals surface area contributed by atoms with Crippen molar-refractivity contribution >= 4 is 17.7 Å². The highest BCUT2D eigenvalue weighted by molar-refractivity contribution is 5.85. The van der Waals surface area contributed by atoms with Crippen LogP contribution in [0.2, 0.25) is 0 Å². The van der Waals surface area contributed by atoms with Crippen molar-refractivity contribution in [3.8, 4) is 0 Å². The summed E-state index contributed by atoms with van der Waals surface area (Å²) in [6, 6.07) is 0. The average Bonchev–Trinajstić information content (AvgIpc) is 2.86. The van der Waals surface area contributed by atoms with Crippen LogP contribution in [0, 0.1) is 29.6 Å². The van der Waals surface area contributed by atoms with Gasteiger partial charge in [-0.05, 0) is 51.0 Å². The van der Waals surface area contributed by atoms with Crippen molar-refractivity contribution in [2.45, 2.75) is 86.9 Å². The number of carboxylic acids is 1. The van der Waals surface area contributed by atoms with Crippen LogP contribution < -0.4 is 0 Å². The molecular formula is C33H48O6. The number of Topliss-reactive ketones (excluding diaryl/α,β-unsaturated/α-hetero) is 1. The number of rotatable bonds is 15. The SMILES string of the molecule is CCC(=C/[C@H](C)C/C=C/C(C)=C\[C@@H](C)C(=O)[C@@H](C)[C@H](O)[C@@H](C)C/C(C)=C\C(=O)O)/C=C/[C@@H]1OC(=O)C=C[C@@H]1C. The van der Waals surface area contributed by atoms with Crippen molar-refractivity contribution < 1.29 is 29.3 Å². The largest absolute Gasteiger partial charge is 0.478 e. The van der Waals surface area contributed by atoms with Crippen LogP contribution in [0.4, 0.5) is 0 Å². The van der Waals surface area contributed by atoms with Crippen LogP contribution in [0.1, 0.15) is 74.7 Å². The Morgan fingerprint density at radius 1 is 1.10 bits per heavy atom. The number of aliphatic hydroxyl groups excluding tert-OH is 1. The van der Waals surface area contributed by atoms with E-state index >= 15 is 0 Å². The summed E-state index contributed by atoms with van der Waals surface area (Å²) in [6.45, 7) is 15.4. The first-order chi connectivity index (χ1) is 18.2. The first-order valence-electron chi connectivity index (χ1n) is 14.0. The average molecular weight is 541 g/mol. The van der Waals surface area contributed by atoms with Crippen molar-refractivity contribution in [2.75, 3.05) is 0 Å². The maximum absolute atomic E-state index is 13.0. The second-order valence-corrected chi connectivity index (χ2v) is 11.1. The molecule has 0 aromatic rings. The lowest BCUT2D eigenvalue weighted by Gasteiger charge is -2.25. The summed E-state index contributed by atoms with van der Waals surface area (Å²) in [4.78, 5) is 35.3. The van der Waals surface area contributed by atoms with E-state index in [1.807, 2.05) is 58.1 Å². The number of aliphatic hydroxyl groups is 1. The van der Waals surface area contributed by atoms with Crippen molar-refractivity contribution in [2.24, 2.45) is 29.6 Å². The Bertz CT molecular complexity index is 1020. The summed E-state index contributed by atoms with van der Waals surface area (Å²) >= 11 is 0. The molecule has 0 aliphatic carbocycles. The van der Waals surface area contributed by atoms with Gasteiger partial charge in [-0.25, -0.2) is 9.59 Å². The van der Waals surface area contributed by atoms with Crippen LogP contribution in [-0.4, -0.2) is 40.1 Å². The number of aliphatic carboxylic acids is 1. The maximum atomic E-state index is 13.0. The van der Waals surface area contributed by atoms with Crippen LogP contribution in [0.3, 0.4) is 0 Å². The number of carbonyl (C=O) groups excluding carboxylic acids is 2. The Hall–Kier alpha value is -2.99. The molecule has 0 unspecified atom stereocenters. The summed E-state index contributed by atoms with van der Waals surface area (Å²) < 4.78 is 5.39. The normalized spacial score (nSPS) is 23.0. The molecule has 0 bridgehead atoms. The third kappa shape index (κ3) is 12.6. The fourth-order valence-corrected chi connectivity index (χ4v) is 4.75. The number of hydrogen-bond donors (Lipinski definition) is 2. The zero-order valence-electron chi connectivity index (χ0n) is 24.9. The molecular weight excluding hydrogens is 492 g/mol. The van der Waals surface area contributed by atoms with Gasteiger partial charge in [0.15, 0.2) is 0 Å². The molecule has 0 aromatic heterocycles. The van der Waals surface area contributed by atoms with E-state index in [0.29, 0.717) is 17.9 Å². The Labute approximate surface area is 234 Å². The topological polar surface area (TPSA) is 101 Å². The van der Waals surface area contributed by atoms with E-state index in [4.69, 9.17) is 9.84 Å². The van der Waals surface area contributed by atoms with Gasteiger partial charge >= 0.3 is 11.9 Å². The van der Waals surface area contributed by atoms with Crippen LogP contribution in [0.5, 0.6) is 0 Å². The van der Waals surface area contributed by atoms with Gasteiger partial charge in [-0.3, -0.25) is 4.79 Å². The molecule has 0 aromatic carbocycles. The van der Waals surface area contributed by atoms with Gasteiger partial charge in [-0.2, -0.15) is 0 Å². The van der Waals surface area contributed by atoms with E-state index in [1.165, 1.54) is 11.6 Å². The quantitative estimate of drug-likeness (QED) is 0.135. The molecule has 0 saturated heterocycles. The molecule has 1 aliphatic rings.